The van der Waals surface area contributed by atoms with Crippen LogP contribution in [0.4, 0.5) is 0 Å². The van der Waals surface area contributed by atoms with E-state index in [1.165, 1.54) is 7.11 Å². The number of hydrogen-bond donors (Lipinski definition) is 0. The minimum atomic E-state index is -0.207. The number of nitrogens with zero attached hydrogens (tertiary/aromatic N) is 3. The molecule has 0 amide bonds. The van der Waals surface area contributed by atoms with E-state index in [2.05, 4.69) is 16.0 Å². The topological polar surface area (TPSA) is 57.0 Å². The van der Waals surface area contributed by atoms with Crippen LogP contribution in [0.1, 0.15) is 12.0 Å². The number of rotatable bonds is 4. The number of aromatic nitrogens is 3. The summed E-state index contributed by atoms with van der Waals surface area (Å²) < 4.78 is 6.74. The Hall–Kier alpha value is -2.40. The molecule has 2 heterocycles. The molecule has 0 fully saturated rings. The second kappa shape index (κ2) is 6.38. The van der Waals surface area contributed by atoms with E-state index in [0.717, 1.165) is 27.7 Å². The van der Waals surface area contributed by atoms with Crippen LogP contribution in [0.3, 0.4) is 0 Å². The maximum absolute atomic E-state index is 11.3. The van der Waals surface area contributed by atoms with Gasteiger partial charge in [0, 0.05) is 42.3 Å². The first-order valence-electron chi connectivity index (χ1n) is 7.22. The Bertz CT molecular complexity index is 873. The molecular weight excluding hydrogens is 314 g/mol. The number of esters is 1. The lowest BCUT2D eigenvalue weighted by Crippen LogP contribution is -2.01. The van der Waals surface area contributed by atoms with Crippen LogP contribution in [0.2, 0.25) is 5.28 Å². The molecular formula is C17H16ClN3O2. The lowest BCUT2D eigenvalue weighted by Gasteiger charge is -2.03. The van der Waals surface area contributed by atoms with Gasteiger partial charge in [0.15, 0.2) is 0 Å². The molecule has 0 aliphatic heterocycles. The first-order chi connectivity index (χ1) is 11.1. The Morgan fingerprint density at radius 3 is 2.91 bits per heavy atom. The van der Waals surface area contributed by atoms with Gasteiger partial charge in [0.2, 0.25) is 5.28 Å². The van der Waals surface area contributed by atoms with Gasteiger partial charge in [-0.3, -0.25) is 4.79 Å². The predicted octanol–water partition coefficient (Wildman–Crippen LogP) is 3.39. The molecule has 0 atom stereocenters. The number of ether oxygens (including phenoxy) is 1. The lowest BCUT2D eigenvalue weighted by atomic mass is 10.0. The van der Waals surface area contributed by atoms with E-state index in [9.17, 15) is 4.79 Å². The summed E-state index contributed by atoms with van der Waals surface area (Å²) in [5.74, 6) is -0.207. The van der Waals surface area contributed by atoms with E-state index in [1.54, 1.807) is 6.20 Å². The third-order valence-corrected chi connectivity index (χ3v) is 3.98. The van der Waals surface area contributed by atoms with Gasteiger partial charge in [-0.25, -0.2) is 9.97 Å². The smallest absolute Gasteiger partial charge is 0.305 e. The number of benzene rings is 1. The SMILES string of the molecule is COC(=O)CCc1ccc2c(c1)c(-c1ccnc(Cl)n1)cn2C. The molecule has 3 aromatic rings. The van der Waals surface area contributed by atoms with Crippen molar-refractivity contribution in [2.24, 2.45) is 7.05 Å². The fourth-order valence-corrected chi connectivity index (χ4v) is 2.78. The predicted molar refractivity (Wildman–Crippen MR) is 89.3 cm³/mol. The van der Waals surface area contributed by atoms with Crippen LogP contribution in [-0.4, -0.2) is 27.6 Å². The zero-order chi connectivity index (χ0) is 16.4. The van der Waals surface area contributed by atoms with Crippen molar-refractivity contribution in [3.8, 4) is 11.3 Å². The van der Waals surface area contributed by atoms with Crippen molar-refractivity contribution < 1.29 is 9.53 Å². The van der Waals surface area contributed by atoms with Gasteiger partial charge in [-0.15, -0.1) is 0 Å². The van der Waals surface area contributed by atoms with Gasteiger partial charge in [-0.1, -0.05) is 6.07 Å². The minimum absolute atomic E-state index is 0.207. The van der Waals surface area contributed by atoms with E-state index in [1.807, 2.05) is 36.0 Å². The molecule has 0 radical (unpaired) electrons. The molecule has 0 bridgehead atoms. The van der Waals surface area contributed by atoms with E-state index in [4.69, 9.17) is 16.3 Å². The van der Waals surface area contributed by atoms with Crippen LogP contribution < -0.4 is 0 Å². The van der Waals surface area contributed by atoms with E-state index < -0.39 is 0 Å². The normalized spacial score (nSPS) is 10.9. The highest BCUT2D eigenvalue weighted by Gasteiger charge is 2.12. The van der Waals surface area contributed by atoms with Gasteiger partial charge >= 0.3 is 5.97 Å². The molecule has 0 N–H and O–H groups in total. The fourth-order valence-electron chi connectivity index (χ4n) is 2.63. The summed E-state index contributed by atoms with van der Waals surface area (Å²) in [6, 6.07) is 8.00. The summed E-state index contributed by atoms with van der Waals surface area (Å²) in [5, 5.41) is 1.30. The van der Waals surface area contributed by atoms with Crippen LogP contribution in [0, 0.1) is 0 Å². The van der Waals surface area contributed by atoms with Crippen LogP contribution in [0.5, 0.6) is 0 Å². The van der Waals surface area contributed by atoms with Crippen LogP contribution >= 0.6 is 11.6 Å². The van der Waals surface area contributed by atoms with Gasteiger partial charge < -0.3 is 9.30 Å². The Labute approximate surface area is 138 Å². The van der Waals surface area contributed by atoms with E-state index in [0.29, 0.717) is 12.8 Å². The maximum Gasteiger partial charge on any atom is 0.305 e. The summed E-state index contributed by atoms with van der Waals surface area (Å²) >= 11 is 5.90. The zero-order valence-electron chi connectivity index (χ0n) is 12.9. The van der Waals surface area contributed by atoms with Gasteiger partial charge in [0.1, 0.15) is 0 Å². The first-order valence-corrected chi connectivity index (χ1v) is 7.60. The summed E-state index contributed by atoms with van der Waals surface area (Å²) in [5.41, 5.74) is 3.94. The lowest BCUT2D eigenvalue weighted by molar-refractivity contribution is -0.140. The van der Waals surface area contributed by atoms with Crippen molar-refractivity contribution in [3.63, 3.8) is 0 Å². The van der Waals surface area contributed by atoms with Crippen molar-refractivity contribution in [1.82, 2.24) is 14.5 Å². The fraction of sp³-hybridized carbons (Fsp3) is 0.235. The largest absolute Gasteiger partial charge is 0.469 e. The number of fused-ring (bicyclic) bond motifs is 1. The number of aryl methyl sites for hydroxylation is 2. The van der Waals surface area contributed by atoms with Crippen molar-refractivity contribution >= 4 is 28.5 Å². The third-order valence-electron chi connectivity index (χ3n) is 3.80. The number of methoxy groups -OCH3 is 1. The highest BCUT2D eigenvalue weighted by molar-refractivity contribution is 6.28. The molecule has 3 rings (SSSR count). The van der Waals surface area contributed by atoms with Crippen molar-refractivity contribution in [2.45, 2.75) is 12.8 Å². The Balaban J connectivity index is 2.03. The van der Waals surface area contributed by atoms with Gasteiger partial charge in [0.25, 0.3) is 0 Å². The van der Waals surface area contributed by atoms with Crippen molar-refractivity contribution in [1.29, 1.82) is 0 Å². The number of carbonyl (C=O) groups is 1. The molecule has 0 saturated carbocycles. The third kappa shape index (κ3) is 3.19. The second-order valence-corrected chi connectivity index (χ2v) is 5.63. The highest BCUT2D eigenvalue weighted by Crippen LogP contribution is 2.30. The molecule has 5 nitrogen and oxygen atoms in total. The van der Waals surface area contributed by atoms with Gasteiger partial charge in [-0.2, -0.15) is 0 Å². The zero-order valence-corrected chi connectivity index (χ0v) is 13.7. The van der Waals surface area contributed by atoms with Crippen LogP contribution in [0.25, 0.3) is 22.2 Å². The molecule has 23 heavy (non-hydrogen) atoms. The first kappa shape index (κ1) is 15.5. The standard InChI is InChI=1S/C17H16ClN3O2/c1-21-10-13(14-7-8-19-17(18)20-14)12-9-11(3-5-15(12)21)4-6-16(22)23-2/h3,5,7-10H,4,6H2,1-2H3. The molecule has 0 unspecified atom stereocenters. The summed E-state index contributed by atoms with van der Waals surface area (Å²) in [4.78, 5) is 19.5. The quantitative estimate of drug-likeness (QED) is 0.544. The highest BCUT2D eigenvalue weighted by atomic mass is 35.5. The number of hydrogen-bond acceptors (Lipinski definition) is 4. The van der Waals surface area contributed by atoms with Gasteiger partial charge in [0.05, 0.1) is 12.8 Å². The summed E-state index contributed by atoms with van der Waals surface area (Å²) in [6.07, 6.45) is 4.67. The molecule has 118 valence electrons. The average molecular weight is 330 g/mol. The molecule has 0 saturated heterocycles. The van der Waals surface area contributed by atoms with E-state index in [-0.39, 0.29) is 11.3 Å². The minimum Gasteiger partial charge on any atom is -0.469 e. The number of halogens is 1. The molecule has 0 spiro atoms. The number of carbonyl (C=O) groups excluding carboxylic acids is 1. The molecule has 0 aliphatic rings. The molecule has 1 aromatic carbocycles. The Morgan fingerprint density at radius 1 is 1.35 bits per heavy atom. The van der Waals surface area contributed by atoms with Crippen molar-refractivity contribution in [3.05, 3.63) is 47.5 Å². The Kier molecular flexibility index (Phi) is 4.30. The van der Waals surface area contributed by atoms with Gasteiger partial charge in [-0.05, 0) is 41.8 Å². The van der Waals surface area contributed by atoms with Crippen molar-refractivity contribution in [2.75, 3.05) is 7.11 Å². The second-order valence-electron chi connectivity index (χ2n) is 5.29. The summed E-state index contributed by atoms with van der Waals surface area (Å²) in [6.45, 7) is 0. The average Bonchev–Trinajstić information content (AvgIpc) is 2.89. The molecule has 6 heteroatoms. The maximum atomic E-state index is 11.3. The van der Waals surface area contributed by atoms with Crippen LogP contribution in [-0.2, 0) is 23.0 Å². The van der Waals surface area contributed by atoms with Crippen LogP contribution in [0.15, 0.2) is 36.7 Å². The summed E-state index contributed by atoms with van der Waals surface area (Å²) in [7, 11) is 3.39. The van der Waals surface area contributed by atoms with E-state index >= 15 is 0 Å². The molecule has 0 aliphatic carbocycles. The molecule has 2 aromatic heterocycles. The Morgan fingerprint density at radius 2 is 2.17 bits per heavy atom. The monoisotopic (exact) mass is 329 g/mol.